The van der Waals surface area contributed by atoms with Gasteiger partial charge in [-0.25, -0.2) is 9.78 Å². The van der Waals surface area contributed by atoms with Crippen LogP contribution in [-0.4, -0.2) is 51.3 Å². The number of likely N-dealkylation sites (tertiary alicyclic amines) is 1. The summed E-state index contributed by atoms with van der Waals surface area (Å²) in [4.78, 5) is 46.3. The largest absolute Gasteiger partial charge is 0.337 e. The fourth-order valence-electron chi connectivity index (χ4n) is 4.47. The molecule has 2 aliphatic rings. The maximum absolute atomic E-state index is 13.2. The molecule has 162 valence electrons. The van der Waals surface area contributed by atoms with Gasteiger partial charge in [0.15, 0.2) is 0 Å². The summed E-state index contributed by atoms with van der Waals surface area (Å²) < 4.78 is 0. The second-order valence-corrected chi connectivity index (χ2v) is 8.57. The first kappa shape index (κ1) is 20.2. The van der Waals surface area contributed by atoms with Crippen LogP contribution in [0.5, 0.6) is 0 Å². The van der Waals surface area contributed by atoms with Crippen LogP contribution in [0.2, 0.25) is 0 Å². The number of piperidine rings is 1. The zero-order chi connectivity index (χ0) is 22.3. The summed E-state index contributed by atoms with van der Waals surface area (Å²) in [5, 5.41) is 3.89. The topological polar surface area (TPSA) is 82.6 Å². The van der Waals surface area contributed by atoms with Crippen molar-refractivity contribution in [2.24, 2.45) is 0 Å². The Bertz CT molecular complexity index is 1210. The number of carbonyl (C=O) groups is 3. The van der Waals surface area contributed by atoms with Gasteiger partial charge in [-0.2, -0.15) is 0 Å². The zero-order valence-electron chi connectivity index (χ0n) is 17.9. The number of nitrogens with zero attached hydrogens (tertiary/aromatic N) is 3. The Morgan fingerprint density at radius 2 is 1.72 bits per heavy atom. The number of para-hydroxylation sites is 1. The van der Waals surface area contributed by atoms with E-state index in [2.05, 4.69) is 10.3 Å². The number of aromatic nitrogens is 1. The van der Waals surface area contributed by atoms with Gasteiger partial charge in [0.1, 0.15) is 11.2 Å². The molecule has 3 heterocycles. The van der Waals surface area contributed by atoms with E-state index in [9.17, 15) is 14.4 Å². The Morgan fingerprint density at radius 1 is 1.00 bits per heavy atom. The molecule has 7 heteroatoms. The summed E-state index contributed by atoms with van der Waals surface area (Å²) in [5.74, 6) is -0.363. The van der Waals surface area contributed by atoms with Crippen LogP contribution in [0.1, 0.15) is 34.5 Å². The highest BCUT2D eigenvalue weighted by molar-refractivity contribution is 6.07. The maximum Gasteiger partial charge on any atom is 0.325 e. The molecular formula is C25H24N4O3. The second-order valence-electron chi connectivity index (χ2n) is 8.57. The predicted octanol–water partition coefficient (Wildman–Crippen LogP) is 3.27. The molecule has 2 aromatic carbocycles. The van der Waals surface area contributed by atoms with E-state index < -0.39 is 5.54 Å². The molecule has 32 heavy (non-hydrogen) atoms. The number of benzene rings is 2. The molecule has 1 spiro atoms. The Balaban J connectivity index is 1.27. The number of hydrogen-bond donors (Lipinski definition) is 1. The molecule has 0 aliphatic carbocycles. The van der Waals surface area contributed by atoms with Crippen molar-refractivity contribution in [1.29, 1.82) is 0 Å². The van der Waals surface area contributed by atoms with Crippen molar-refractivity contribution in [3.8, 4) is 0 Å². The molecule has 3 aromatic rings. The Morgan fingerprint density at radius 3 is 2.47 bits per heavy atom. The van der Waals surface area contributed by atoms with Crippen LogP contribution in [0.3, 0.4) is 0 Å². The number of urea groups is 1. The normalized spacial score (nSPS) is 17.8. The van der Waals surface area contributed by atoms with Crippen molar-refractivity contribution in [3.63, 3.8) is 0 Å². The lowest BCUT2D eigenvalue weighted by Crippen LogP contribution is -2.55. The first-order valence-corrected chi connectivity index (χ1v) is 10.8. The van der Waals surface area contributed by atoms with Gasteiger partial charge in [0.25, 0.3) is 11.8 Å². The first-order chi connectivity index (χ1) is 15.4. The van der Waals surface area contributed by atoms with Crippen LogP contribution >= 0.6 is 0 Å². The van der Waals surface area contributed by atoms with E-state index in [1.165, 1.54) is 4.90 Å². The highest BCUT2D eigenvalue weighted by Gasteiger charge is 2.52. The number of hydrogen-bond acceptors (Lipinski definition) is 4. The average Bonchev–Trinajstić information content (AvgIpc) is 3.04. The van der Waals surface area contributed by atoms with Crippen LogP contribution < -0.4 is 5.32 Å². The van der Waals surface area contributed by atoms with Crippen LogP contribution in [0.15, 0.2) is 60.7 Å². The fourth-order valence-corrected chi connectivity index (χ4v) is 4.47. The van der Waals surface area contributed by atoms with Gasteiger partial charge in [0, 0.05) is 18.5 Å². The van der Waals surface area contributed by atoms with Crippen LogP contribution in [0, 0.1) is 6.92 Å². The van der Waals surface area contributed by atoms with E-state index in [4.69, 9.17) is 0 Å². The maximum atomic E-state index is 13.2. The minimum absolute atomic E-state index is 0.154. The zero-order valence-corrected chi connectivity index (χ0v) is 17.9. The van der Waals surface area contributed by atoms with E-state index in [0.29, 0.717) is 31.6 Å². The molecule has 1 N–H and O–H groups in total. The van der Waals surface area contributed by atoms with Gasteiger partial charge in [-0.1, -0.05) is 54.1 Å². The molecule has 0 saturated carbocycles. The van der Waals surface area contributed by atoms with Gasteiger partial charge in [-0.3, -0.25) is 14.5 Å². The monoisotopic (exact) mass is 428 g/mol. The quantitative estimate of drug-likeness (QED) is 0.649. The van der Waals surface area contributed by atoms with E-state index in [1.54, 1.807) is 11.0 Å². The molecule has 1 aromatic heterocycles. The molecule has 2 aliphatic heterocycles. The molecule has 0 unspecified atom stereocenters. The SMILES string of the molecule is Cc1ccc(CN2C(=O)NC3(CCN(C(=O)c4ccc5ccccc5n4)CC3)C2=O)cc1. The summed E-state index contributed by atoms with van der Waals surface area (Å²) in [6.45, 7) is 3.01. The van der Waals surface area contributed by atoms with Crippen molar-refractivity contribution in [2.45, 2.75) is 31.8 Å². The Labute approximate surface area is 186 Å². The number of imide groups is 1. The number of rotatable bonds is 3. The highest BCUT2D eigenvalue weighted by Crippen LogP contribution is 2.31. The number of aryl methyl sites for hydroxylation is 1. The van der Waals surface area contributed by atoms with E-state index in [0.717, 1.165) is 22.0 Å². The standard InChI is InChI=1S/C25H24N4O3/c1-17-6-8-18(9-7-17)16-29-23(31)25(27-24(29)32)12-14-28(15-13-25)22(30)21-11-10-19-4-2-3-5-20(19)26-21/h2-11H,12-16H2,1H3,(H,27,32). The van der Waals surface area contributed by atoms with E-state index in [-0.39, 0.29) is 24.4 Å². The smallest absolute Gasteiger partial charge is 0.325 e. The fraction of sp³-hybridized carbons (Fsp3) is 0.280. The van der Waals surface area contributed by atoms with Crippen molar-refractivity contribution in [2.75, 3.05) is 13.1 Å². The Hall–Kier alpha value is -3.74. The summed E-state index contributed by atoms with van der Waals surface area (Å²) in [7, 11) is 0. The third-order valence-electron chi connectivity index (χ3n) is 6.43. The molecule has 0 bridgehead atoms. The van der Waals surface area contributed by atoms with E-state index in [1.807, 2.05) is 61.5 Å². The van der Waals surface area contributed by atoms with Crippen molar-refractivity contribution in [3.05, 3.63) is 77.5 Å². The van der Waals surface area contributed by atoms with Gasteiger partial charge in [0.05, 0.1) is 12.1 Å². The molecule has 5 rings (SSSR count). The highest BCUT2D eigenvalue weighted by atomic mass is 16.2. The number of carbonyl (C=O) groups excluding carboxylic acids is 3. The number of nitrogens with one attached hydrogen (secondary N) is 1. The van der Waals surface area contributed by atoms with Crippen molar-refractivity contribution >= 4 is 28.7 Å². The molecular weight excluding hydrogens is 404 g/mol. The lowest BCUT2D eigenvalue weighted by molar-refractivity contribution is -0.133. The van der Waals surface area contributed by atoms with Gasteiger partial charge >= 0.3 is 6.03 Å². The Kier molecular flexibility index (Phi) is 4.89. The first-order valence-electron chi connectivity index (χ1n) is 10.8. The summed E-state index contributed by atoms with van der Waals surface area (Å²) in [6, 6.07) is 18.7. The average molecular weight is 428 g/mol. The number of pyridine rings is 1. The van der Waals surface area contributed by atoms with Crippen LogP contribution in [-0.2, 0) is 11.3 Å². The van der Waals surface area contributed by atoms with E-state index >= 15 is 0 Å². The number of amides is 4. The van der Waals surface area contributed by atoms with Gasteiger partial charge < -0.3 is 10.2 Å². The third-order valence-corrected chi connectivity index (χ3v) is 6.43. The molecule has 7 nitrogen and oxygen atoms in total. The molecule has 0 radical (unpaired) electrons. The second kappa shape index (κ2) is 7.75. The van der Waals surface area contributed by atoms with Crippen LogP contribution in [0.25, 0.3) is 10.9 Å². The predicted molar refractivity (Wildman–Crippen MR) is 120 cm³/mol. The summed E-state index contributed by atoms with van der Waals surface area (Å²) in [5.41, 5.74) is 2.26. The summed E-state index contributed by atoms with van der Waals surface area (Å²) in [6.07, 6.45) is 0.780. The lowest BCUT2D eigenvalue weighted by Gasteiger charge is -2.37. The minimum Gasteiger partial charge on any atom is -0.337 e. The van der Waals surface area contributed by atoms with Gasteiger partial charge in [0.2, 0.25) is 0 Å². The lowest BCUT2D eigenvalue weighted by atomic mass is 9.87. The molecule has 0 atom stereocenters. The van der Waals surface area contributed by atoms with Crippen molar-refractivity contribution < 1.29 is 14.4 Å². The molecule has 2 fully saturated rings. The molecule has 2 saturated heterocycles. The minimum atomic E-state index is -0.935. The third kappa shape index (κ3) is 3.49. The van der Waals surface area contributed by atoms with Gasteiger partial charge in [-0.15, -0.1) is 0 Å². The van der Waals surface area contributed by atoms with Crippen LogP contribution in [0.4, 0.5) is 4.79 Å². The number of fused-ring (bicyclic) bond motifs is 1. The van der Waals surface area contributed by atoms with Crippen molar-refractivity contribution in [1.82, 2.24) is 20.1 Å². The molecule has 4 amide bonds. The van der Waals surface area contributed by atoms with Gasteiger partial charge in [-0.05, 0) is 37.5 Å². The summed E-state index contributed by atoms with van der Waals surface area (Å²) >= 11 is 0.